The van der Waals surface area contributed by atoms with Crippen LogP contribution in [0.5, 0.6) is 0 Å². The third kappa shape index (κ3) is 2.82. The van der Waals surface area contributed by atoms with Gasteiger partial charge in [-0.1, -0.05) is 15.9 Å². The van der Waals surface area contributed by atoms with Crippen LogP contribution in [0.15, 0.2) is 22.7 Å². The molecule has 2 heterocycles. The number of aliphatic carboxylic acids is 1. The van der Waals surface area contributed by atoms with Crippen LogP contribution in [0.2, 0.25) is 0 Å². The fourth-order valence-electron chi connectivity index (χ4n) is 3.12. The molecule has 0 aliphatic carbocycles. The fraction of sp³-hybridized carbons (Fsp3) is 0.375. The molecule has 0 radical (unpaired) electrons. The van der Waals surface area contributed by atoms with Crippen LogP contribution in [0.4, 0.5) is 0 Å². The molecule has 24 heavy (non-hydrogen) atoms. The van der Waals surface area contributed by atoms with Crippen LogP contribution in [0.1, 0.15) is 40.0 Å². The predicted molar refractivity (Wildman–Crippen MR) is 86.5 cm³/mol. The standard InChI is InChI=1S/C16H15BrN2O5/c17-9-4-5-10-11(7-9)15(22)19(14(10)21)8-13(20)18-6-2-1-3-12(18)16(23)24/h4-5,7,12H,1-3,6,8H2,(H,23,24)/t12-/m1/s1. The van der Waals surface area contributed by atoms with Crippen LogP contribution in [-0.4, -0.2) is 57.7 Å². The van der Waals surface area contributed by atoms with Crippen LogP contribution >= 0.6 is 15.9 Å². The average Bonchev–Trinajstić information content (AvgIpc) is 2.79. The normalized spacial score (nSPS) is 20.3. The number of nitrogens with zero attached hydrogens (tertiary/aromatic N) is 2. The number of hydrogen-bond donors (Lipinski definition) is 1. The van der Waals surface area contributed by atoms with Crippen molar-refractivity contribution >= 4 is 39.6 Å². The summed E-state index contributed by atoms with van der Waals surface area (Å²) in [6.07, 6.45) is 1.84. The molecule has 1 fully saturated rings. The molecular formula is C16H15BrN2O5. The summed E-state index contributed by atoms with van der Waals surface area (Å²) in [6, 6.07) is 3.84. The molecule has 2 aliphatic heterocycles. The van der Waals surface area contributed by atoms with Gasteiger partial charge in [-0.2, -0.15) is 0 Å². The number of likely N-dealkylation sites (tertiary alicyclic amines) is 1. The number of benzene rings is 1. The second-order valence-corrected chi connectivity index (χ2v) is 6.74. The fourth-order valence-corrected chi connectivity index (χ4v) is 3.48. The molecule has 0 spiro atoms. The van der Waals surface area contributed by atoms with E-state index in [4.69, 9.17) is 0 Å². The van der Waals surface area contributed by atoms with E-state index in [1.54, 1.807) is 12.1 Å². The molecule has 0 aromatic heterocycles. The van der Waals surface area contributed by atoms with Crippen LogP contribution in [0.3, 0.4) is 0 Å². The second kappa shape index (κ2) is 6.35. The number of fused-ring (bicyclic) bond motifs is 1. The molecule has 2 aliphatic rings. The van der Waals surface area contributed by atoms with Crippen molar-refractivity contribution in [1.82, 2.24) is 9.80 Å². The Morgan fingerprint density at radius 2 is 1.88 bits per heavy atom. The molecule has 1 saturated heterocycles. The maximum absolute atomic E-state index is 12.5. The van der Waals surface area contributed by atoms with Crippen molar-refractivity contribution in [3.8, 4) is 0 Å². The molecule has 1 N–H and O–H groups in total. The summed E-state index contributed by atoms with van der Waals surface area (Å²) >= 11 is 3.25. The van der Waals surface area contributed by atoms with Gasteiger partial charge in [-0.25, -0.2) is 4.79 Å². The number of halogens is 1. The Bertz CT molecular complexity index is 748. The highest BCUT2D eigenvalue weighted by atomic mass is 79.9. The summed E-state index contributed by atoms with van der Waals surface area (Å²) in [4.78, 5) is 50.7. The van der Waals surface area contributed by atoms with Gasteiger partial charge in [0.2, 0.25) is 5.91 Å². The smallest absolute Gasteiger partial charge is 0.326 e. The van der Waals surface area contributed by atoms with Gasteiger partial charge < -0.3 is 10.0 Å². The minimum Gasteiger partial charge on any atom is -0.480 e. The third-order valence-corrected chi connectivity index (χ3v) is 4.83. The van der Waals surface area contributed by atoms with Crippen LogP contribution in [-0.2, 0) is 9.59 Å². The lowest BCUT2D eigenvalue weighted by Gasteiger charge is -2.33. The van der Waals surface area contributed by atoms with E-state index in [2.05, 4.69) is 15.9 Å². The van der Waals surface area contributed by atoms with E-state index in [1.165, 1.54) is 11.0 Å². The first kappa shape index (κ1) is 16.6. The monoisotopic (exact) mass is 394 g/mol. The van der Waals surface area contributed by atoms with Gasteiger partial charge in [0.1, 0.15) is 12.6 Å². The molecule has 1 atom stereocenters. The van der Waals surface area contributed by atoms with Gasteiger partial charge in [0.15, 0.2) is 0 Å². The number of piperidine rings is 1. The van der Waals surface area contributed by atoms with E-state index in [-0.39, 0.29) is 11.1 Å². The topological polar surface area (TPSA) is 95.0 Å². The highest BCUT2D eigenvalue weighted by Gasteiger charge is 2.39. The van der Waals surface area contributed by atoms with Crippen LogP contribution < -0.4 is 0 Å². The van der Waals surface area contributed by atoms with Crippen LogP contribution in [0, 0.1) is 0 Å². The minimum atomic E-state index is -1.06. The average molecular weight is 395 g/mol. The van der Waals surface area contributed by atoms with Crippen molar-refractivity contribution in [2.75, 3.05) is 13.1 Å². The number of carbonyl (C=O) groups excluding carboxylic acids is 3. The third-order valence-electron chi connectivity index (χ3n) is 4.33. The first-order chi connectivity index (χ1) is 11.4. The summed E-state index contributed by atoms with van der Waals surface area (Å²) in [6.45, 7) is -0.113. The molecular weight excluding hydrogens is 380 g/mol. The van der Waals surface area contributed by atoms with Gasteiger partial charge >= 0.3 is 5.97 Å². The van der Waals surface area contributed by atoms with Crippen molar-refractivity contribution in [2.45, 2.75) is 25.3 Å². The van der Waals surface area contributed by atoms with Gasteiger partial charge in [-0.05, 0) is 37.5 Å². The zero-order valence-electron chi connectivity index (χ0n) is 12.7. The lowest BCUT2D eigenvalue weighted by Crippen LogP contribution is -2.51. The van der Waals surface area contributed by atoms with Crippen molar-refractivity contribution in [1.29, 1.82) is 0 Å². The number of imide groups is 1. The molecule has 126 valence electrons. The van der Waals surface area contributed by atoms with Gasteiger partial charge in [-0.15, -0.1) is 0 Å². The van der Waals surface area contributed by atoms with E-state index in [9.17, 15) is 24.3 Å². The Hall–Kier alpha value is -2.22. The first-order valence-corrected chi connectivity index (χ1v) is 8.37. The summed E-state index contributed by atoms with van der Waals surface area (Å²) < 4.78 is 0.664. The van der Waals surface area contributed by atoms with Crippen LogP contribution in [0.25, 0.3) is 0 Å². The number of rotatable bonds is 3. The summed E-state index contributed by atoms with van der Waals surface area (Å²) in [5.74, 6) is -2.64. The largest absolute Gasteiger partial charge is 0.480 e. The molecule has 3 amide bonds. The SMILES string of the molecule is O=C(O)[C@H]1CCCCN1C(=O)CN1C(=O)c2ccc(Br)cc2C1=O. The summed E-state index contributed by atoms with van der Waals surface area (Å²) in [7, 11) is 0. The summed E-state index contributed by atoms with van der Waals surface area (Å²) in [5, 5.41) is 9.25. The quantitative estimate of drug-likeness (QED) is 0.783. The maximum Gasteiger partial charge on any atom is 0.326 e. The number of carboxylic acids is 1. The highest BCUT2D eigenvalue weighted by Crippen LogP contribution is 2.26. The summed E-state index contributed by atoms with van der Waals surface area (Å²) in [5.41, 5.74) is 0.500. The van der Waals surface area contributed by atoms with E-state index < -0.39 is 36.3 Å². The Labute approximate surface area is 146 Å². The van der Waals surface area contributed by atoms with E-state index >= 15 is 0 Å². The number of carboxylic acid groups (broad SMARTS) is 1. The molecule has 8 heteroatoms. The molecule has 7 nitrogen and oxygen atoms in total. The van der Waals surface area contributed by atoms with Crippen molar-refractivity contribution < 1.29 is 24.3 Å². The minimum absolute atomic E-state index is 0.246. The second-order valence-electron chi connectivity index (χ2n) is 5.82. The predicted octanol–water partition coefficient (Wildman–Crippen LogP) is 1.51. The Morgan fingerprint density at radius 3 is 2.58 bits per heavy atom. The number of hydrogen-bond acceptors (Lipinski definition) is 4. The molecule has 3 rings (SSSR count). The number of amides is 3. The van der Waals surface area contributed by atoms with Gasteiger partial charge in [0.25, 0.3) is 11.8 Å². The van der Waals surface area contributed by atoms with Gasteiger partial charge in [0.05, 0.1) is 11.1 Å². The lowest BCUT2D eigenvalue weighted by atomic mass is 10.0. The van der Waals surface area contributed by atoms with Crippen molar-refractivity contribution in [2.24, 2.45) is 0 Å². The van der Waals surface area contributed by atoms with Crippen molar-refractivity contribution in [3.05, 3.63) is 33.8 Å². The molecule has 1 aromatic carbocycles. The van der Waals surface area contributed by atoms with Gasteiger partial charge in [-0.3, -0.25) is 19.3 Å². The molecule has 1 aromatic rings. The zero-order valence-corrected chi connectivity index (χ0v) is 14.3. The van der Waals surface area contributed by atoms with Crippen molar-refractivity contribution in [3.63, 3.8) is 0 Å². The Kier molecular flexibility index (Phi) is 4.40. The van der Waals surface area contributed by atoms with E-state index in [1.807, 2.05) is 0 Å². The molecule has 0 bridgehead atoms. The molecule has 0 unspecified atom stereocenters. The van der Waals surface area contributed by atoms with E-state index in [0.717, 1.165) is 11.3 Å². The lowest BCUT2D eigenvalue weighted by molar-refractivity contribution is -0.152. The Balaban J connectivity index is 1.79. The Morgan fingerprint density at radius 1 is 1.17 bits per heavy atom. The first-order valence-electron chi connectivity index (χ1n) is 7.58. The maximum atomic E-state index is 12.5. The van der Waals surface area contributed by atoms with Gasteiger partial charge in [0, 0.05) is 11.0 Å². The molecule has 0 saturated carbocycles. The zero-order chi connectivity index (χ0) is 17.4. The van der Waals surface area contributed by atoms with E-state index in [0.29, 0.717) is 23.9 Å². The highest BCUT2D eigenvalue weighted by molar-refractivity contribution is 9.10. The number of carbonyl (C=O) groups is 4.